The molecule has 0 saturated heterocycles. The van der Waals surface area contributed by atoms with Crippen molar-refractivity contribution in [1.82, 2.24) is 0 Å². The molecule has 0 aliphatic carbocycles. The number of ether oxygens (including phenoxy) is 1. The molecule has 13 heavy (non-hydrogen) atoms. The molecule has 0 unspecified atom stereocenters. The number of benzene rings is 1. The molecule has 4 nitrogen and oxygen atoms in total. The zero-order valence-corrected chi connectivity index (χ0v) is 7.58. The summed E-state index contributed by atoms with van der Waals surface area (Å²) in [5, 5.41) is 0. The number of carbonyl (C=O) groups is 1. The van der Waals surface area contributed by atoms with Crippen molar-refractivity contribution in [2.45, 2.75) is 0 Å². The van der Waals surface area contributed by atoms with Crippen LogP contribution in [0.3, 0.4) is 0 Å². The Hall–Kier alpha value is -1.26. The van der Waals surface area contributed by atoms with E-state index >= 15 is 0 Å². The topological polar surface area (TPSA) is 58.6 Å². The minimum atomic E-state index is -0.675. The molecule has 70 valence electrons. The van der Waals surface area contributed by atoms with Crippen molar-refractivity contribution in [3.05, 3.63) is 29.8 Å². The van der Waals surface area contributed by atoms with Crippen molar-refractivity contribution in [3.8, 4) is 5.75 Å². The first-order chi connectivity index (χ1) is 6.27. The Bertz CT molecular complexity index is 283. The van der Waals surface area contributed by atoms with Gasteiger partial charge < -0.3 is 9.40 Å². The fourth-order valence-corrected chi connectivity index (χ4v) is 0.947. The molecule has 0 aliphatic rings. The smallest absolute Gasteiger partial charge is 0.407 e. The summed E-state index contributed by atoms with van der Waals surface area (Å²) >= 11 is 0.210. The van der Waals surface area contributed by atoms with Gasteiger partial charge in [0.1, 0.15) is 5.75 Å². The molecule has 0 bridgehead atoms. The van der Waals surface area contributed by atoms with Crippen LogP contribution in [0.1, 0.15) is 10.4 Å². The van der Waals surface area contributed by atoms with Gasteiger partial charge in [-0.2, -0.15) is 4.29 Å². The molecule has 0 N–H and O–H groups in total. The Balaban J connectivity index is 2.74. The first-order valence-corrected chi connectivity index (χ1v) is 4.02. The zero-order chi connectivity index (χ0) is 9.68. The van der Waals surface area contributed by atoms with Crippen LogP contribution >= 0.6 is 0 Å². The van der Waals surface area contributed by atoms with Crippen LogP contribution in [0.5, 0.6) is 5.75 Å². The van der Waals surface area contributed by atoms with E-state index in [2.05, 4.69) is 4.29 Å². The van der Waals surface area contributed by atoms with E-state index in [1.807, 2.05) is 0 Å². The third-order valence-electron chi connectivity index (χ3n) is 1.43. The largest absolute Gasteiger partial charge is 0.497 e. The number of methoxy groups -OCH3 is 1. The Morgan fingerprint density at radius 1 is 1.38 bits per heavy atom. The van der Waals surface area contributed by atoms with E-state index in [0.717, 1.165) is 0 Å². The molecular weight excluding hydrogens is 196 g/mol. The van der Waals surface area contributed by atoms with Crippen molar-refractivity contribution < 1.29 is 29.8 Å². The van der Waals surface area contributed by atoms with Crippen LogP contribution in [-0.2, 0) is 4.29 Å². The van der Waals surface area contributed by atoms with Gasteiger partial charge in [0.15, 0.2) is 0 Å². The lowest BCUT2D eigenvalue weighted by atomic mass is 10.2. The predicted molar refractivity (Wildman–Crippen MR) is 38.4 cm³/mol. The highest BCUT2D eigenvalue weighted by Gasteiger charge is 2.11. The molecule has 0 saturated carbocycles. The fourth-order valence-electron chi connectivity index (χ4n) is 0.800. The third kappa shape index (κ3) is 2.61. The standard InChI is InChI=1S/C8H7ClO4/c1-12-7-4-2-6(3-5-7)8(10)13-9-11/h2-5H,1H3. The average Bonchev–Trinajstić information content (AvgIpc) is 2.18. The summed E-state index contributed by atoms with van der Waals surface area (Å²) in [4.78, 5) is 10.9. The molecule has 0 heterocycles. The number of rotatable bonds is 3. The monoisotopic (exact) mass is 202 g/mol. The molecule has 0 radical (unpaired) electrons. The van der Waals surface area contributed by atoms with Crippen molar-refractivity contribution in [2.24, 2.45) is 0 Å². The second-order valence-electron chi connectivity index (χ2n) is 2.16. The van der Waals surface area contributed by atoms with Gasteiger partial charge in [-0.1, -0.05) is 0 Å². The van der Waals surface area contributed by atoms with E-state index in [4.69, 9.17) is 4.74 Å². The van der Waals surface area contributed by atoms with E-state index in [-0.39, 0.29) is 11.3 Å². The summed E-state index contributed by atoms with van der Waals surface area (Å²) in [5.41, 5.74) is 0.309. The zero-order valence-electron chi connectivity index (χ0n) is 6.82. The molecule has 1 aromatic carbocycles. The van der Waals surface area contributed by atoms with Crippen molar-refractivity contribution in [1.29, 1.82) is 0 Å². The molecule has 0 aromatic heterocycles. The van der Waals surface area contributed by atoms with Crippen LogP contribution in [0.15, 0.2) is 24.3 Å². The Labute approximate surface area is 79.1 Å². The van der Waals surface area contributed by atoms with Crippen molar-refractivity contribution in [2.75, 3.05) is 7.11 Å². The lowest BCUT2D eigenvalue weighted by molar-refractivity contribution is -1.26. The van der Waals surface area contributed by atoms with E-state index in [1.54, 1.807) is 12.1 Å². The van der Waals surface area contributed by atoms with Gasteiger partial charge in [-0.25, -0.2) is 4.79 Å². The van der Waals surface area contributed by atoms with Gasteiger partial charge >= 0.3 is 17.3 Å². The fraction of sp³-hybridized carbons (Fsp3) is 0.125. The molecule has 1 rings (SSSR count). The minimum Gasteiger partial charge on any atom is -0.497 e. The second kappa shape index (κ2) is 4.69. The lowest BCUT2D eigenvalue weighted by Gasteiger charge is -1.98. The number of hydrogen-bond donors (Lipinski definition) is 0. The van der Waals surface area contributed by atoms with E-state index in [9.17, 15) is 9.45 Å². The van der Waals surface area contributed by atoms with Crippen LogP contribution in [0.2, 0.25) is 0 Å². The highest BCUT2D eigenvalue weighted by atomic mass is 35.6. The quantitative estimate of drug-likeness (QED) is 0.699. The van der Waals surface area contributed by atoms with Crippen LogP contribution in [0.4, 0.5) is 0 Å². The van der Waals surface area contributed by atoms with Gasteiger partial charge in [0.25, 0.3) is 0 Å². The maximum atomic E-state index is 10.9. The maximum Gasteiger partial charge on any atom is 0.407 e. The summed E-state index contributed by atoms with van der Waals surface area (Å²) in [6.45, 7) is 0. The van der Waals surface area contributed by atoms with E-state index < -0.39 is 5.97 Å². The second-order valence-corrected chi connectivity index (χ2v) is 2.44. The molecular formula is C8H7ClO4. The third-order valence-corrected chi connectivity index (χ3v) is 1.63. The molecule has 0 aliphatic heterocycles. The first kappa shape index (κ1) is 9.83. The Morgan fingerprint density at radius 2 is 2.00 bits per heavy atom. The summed E-state index contributed by atoms with van der Waals surface area (Å²) < 4.78 is 18.8. The molecule has 0 spiro atoms. The van der Waals surface area contributed by atoms with Crippen molar-refractivity contribution >= 4 is 5.97 Å². The van der Waals surface area contributed by atoms with Crippen molar-refractivity contribution in [3.63, 3.8) is 0 Å². The van der Waals surface area contributed by atoms with Crippen LogP contribution in [-0.4, -0.2) is 13.1 Å². The number of halogens is 1. The molecule has 0 amide bonds. The molecule has 0 fully saturated rings. The Morgan fingerprint density at radius 3 is 2.46 bits per heavy atom. The average molecular weight is 203 g/mol. The molecule has 1 aromatic rings. The van der Waals surface area contributed by atoms with Gasteiger partial charge in [-0.15, -0.1) is 0 Å². The SMILES string of the molecule is COc1ccc(C(=O)O[Cl+][O-])cc1. The van der Waals surface area contributed by atoms with Crippen LogP contribution in [0.25, 0.3) is 0 Å². The van der Waals surface area contributed by atoms with Gasteiger partial charge in [0, 0.05) is 0 Å². The normalized spacial score (nSPS) is 9.38. The molecule has 0 atom stereocenters. The lowest BCUT2D eigenvalue weighted by Crippen LogP contribution is -2.11. The Kier molecular flexibility index (Phi) is 3.54. The van der Waals surface area contributed by atoms with Gasteiger partial charge in [-0.05, 0) is 24.3 Å². The molecule has 5 heteroatoms. The summed E-state index contributed by atoms with van der Waals surface area (Å²) in [6, 6.07) is 6.25. The summed E-state index contributed by atoms with van der Waals surface area (Å²) in [7, 11) is 1.53. The van der Waals surface area contributed by atoms with E-state index in [1.165, 1.54) is 19.2 Å². The van der Waals surface area contributed by atoms with Gasteiger partial charge in [0.2, 0.25) is 0 Å². The number of hydrogen-bond acceptors (Lipinski definition) is 4. The minimum absolute atomic E-state index is 0.210. The summed E-state index contributed by atoms with van der Waals surface area (Å²) in [6.07, 6.45) is 0. The number of carbonyl (C=O) groups excluding carboxylic acids is 1. The highest BCUT2D eigenvalue weighted by molar-refractivity contribution is 5.88. The van der Waals surface area contributed by atoms with Gasteiger partial charge in [-0.3, -0.25) is 0 Å². The maximum absolute atomic E-state index is 10.9. The van der Waals surface area contributed by atoms with Crippen LogP contribution in [0, 0.1) is 11.3 Å². The first-order valence-electron chi connectivity index (χ1n) is 3.40. The van der Waals surface area contributed by atoms with Gasteiger partial charge in [0.05, 0.1) is 12.7 Å². The van der Waals surface area contributed by atoms with E-state index in [0.29, 0.717) is 11.3 Å². The summed E-state index contributed by atoms with van der Waals surface area (Å²) in [5.74, 6) is -0.0348. The predicted octanol–water partition coefficient (Wildman–Crippen LogP) is 0.127. The van der Waals surface area contributed by atoms with Crippen LogP contribution < -0.4 is 9.40 Å². The highest BCUT2D eigenvalue weighted by Crippen LogP contribution is 2.11.